The highest BCUT2D eigenvalue weighted by Gasteiger charge is 1.92. The Labute approximate surface area is 76.7 Å². The van der Waals surface area contributed by atoms with Crippen molar-refractivity contribution in [3.63, 3.8) is 0 Å². The number of carbonyl (C=O) groups is 1. The maximum Gasteiger partial charge on any atom is 0.404 e. The van der Waals surface area contributed by atoms with Gasteiger partial charge in [-0.3, -0.25) is 0 Å². The molecule has 68 valence electrons. The molecule has 5 heteroatoms. The molecule has 0 saturated heterocycles. The van der Waals surface area contributed by atoms with Gasteiger partial charge in [-0.2, -0.15) is 0 Å². The minimum atomic E-state index is -0.966. The summed E-state index contributed by atoms with van der Waals surface area (Å²) in [5.74, 6) is 0. The van der Waals surface area contributed by atoms with Crippen LogP contribution in [0.5, 0.6) is 0 Å². The standard InChI is InChI=1S/C7H12N2O2S/c10-7(11)9-5-3-1-2-4-8-6-12/h9H,1-5H2,(H,10,11). The average molecular weight is 188 g/mol. The Morgan fingerprint density at radius 1 is 1.50 bits per heavy atom. The number of aliphatic imine (C=N–C) groups is 1. The summed E-state index contributed by atoms with van der Waals surface area (Å²) >= 11 is 4.38. The van der Waals surface area contributed by atoms with Gasteiger partial charge in [-0.25, -0.2) is 9.79 Å². The zero-order chi connectivity index (χ0) is 9.23. The topological polar surface area (TPSA) is 61.7 Å². The van der Waals surface area contributed by atoms with E-state index in [0.29, 0.717) is 13.1 Å². The molecule has 0 rings (SSSR count). The summed E-state index contributed by atoms with van der Waals surface area (Å²) in [7, 11) is 0. The van der Waals surface area contributed by atoms with Crippen LogP contribution in [-0.4, -0.2) is 29.5 Å². The van der Waals surface area contributed by atoms with Crippen LogP contribution in [0, 0.1) is 0 Å². The van der Waals surface area contributed by atoms with Gasteiger partial charge in [0, 0.05) is 13.1 Å². The van der Waals surface area contributed by atoms with Crippen molar-refractivity contribution < 1.29 is 9.90 Å². The number of amides is 1. The second kappa shape index (κ2) is 8.17. The Bertz CT molecular complexity index is 172. The van der Waals surface area contributed by atoms with Gasteiger partial charge in [-0.1, -0.05) is 0 Å². The fourth-order valence-electron chi connectivity index (χ4n) is 0.734. The number of nitrogens with one attached hydrogen (secondary N) is 1. The lowest BCUT2D eigenvalue weighted by molar-refractivity contribution is 0.194. The number of carboxylic acid groups (broad SMARTS) is 1. The highest BCUT2D eigenvalue weighted by molar-refractivity contribution is 7.78. The van der Waals surface area contributed by atoms with Gasteiger partial charge in [0.2, 0.25) is 0 Å². The first-order chi connectivity index (χ1) is 5.77. The Hall–Kier alpha value is -0.930. The van der Waals surface area contributed by atoms with E-state index in [4.69, 9.17) is 5.11 Å². The van der Waals surface area contributed by atoms with Gasteiger partial charge >= 0.3 is 6.09 Å². The van der Waals surface area contributed by atoms with Gasteiger partial charge in [-0.15, -0.1) is 0 Å². The number of thiocarbonyl (C=S) groups is 1. The fraction of sp³-hybridized carbons (Fsp3) is 0.714. The molecule has 0 bridgehead atoms. The molecule has 1 amide bonds. The summed E-state index contributed by atoms with van der Waals surface area (Å²) in [5.41, 5.74) is 0. The zero-order valence-electron chi connectivity index (χ0n) is 6.75. The molecule has 0 spiro atoms. The van der Waals surface area contributed by atoms with Crippen molar-refractivity contribution >= 4 is 23.5 Å². The van der Waals surface area contributed by atoms with E-state index in [1.807, 2.05) is 0 Å². The average Bonchev–Trinajstić information content (AvgIpc) is 2.02. The number of hydrogen-bond acceptors (Lipinski definition) is 3. The minimum Gasteiger partial charge on any atom is -0.465 e. The number of hydrogen-bond donors (Lipinski definition) is 2. The van der Waals surface area contributed by atoms with E-state index in [0.717, 1.165) is 19.3 Å². The second-order valence-corrected chi connectivity index (χ2v) is 2.45. The molecule has 0 aliphatic carbocycles. The summed E-state index contributed by atoms with van der Waals surface area (Å²) in [6.07, 6.45) is 1.78. The zero-order valence-corrected chi connectivity index (χ0v) is 7.56. The molecule has 0 fully saturated rings. The van der Waals surface area contributed by atoms with Gasteiger partial charge in [0.25, 0.3) is 0 Å². The van der Waals surface area contributed by atoms with Crippen LogP contribution in [0.25, 0.3) is 0 Å². The van der Waals surface area contributed by atoms with Crippen LogP contribution < -0.4 is 5.32 Å². The van der Waals surface area contributed by atoms with Crippen molar-refractivity contribution in [2.45, 2.75) is 19.3 Å². The van der Waals surface area contributed by atoms with Crippen LogP contribution in [-0.2, 0) is 0 Å². The molecule has 0 radical (unpaired) electrons. The van der Waals surface area contributed by atoms with Crippen molar-refractivity contribution in [1.29, 1.82) is 0 Å². The molecule has 4 nitrogen and oxygen atoms in total. The van der Waals surface area contributed by atoms with Crippen LogP contribution in [0.15, 0.2) is 4.99 Å². The SMILES string of the molecule is O=C(O)NCCCCCN=C=S. The summed E-state index contributed by atoms with van der Waals surface area (Å²) in [4.78, 5) is 13.7. The molecule has 0 aromatic rings. The minimum absolute atomic E-state index is 0.511. The Kier molecular flexibility index (Phi) is 7.54. The molecular weight excluding hydrogens is 176 g/mol. The van der Waals surface area contributed by atoms with Crippen molar-refractivity contribution in [2.24, 2.45) is 4.99 Å². The highest BCUT2D eigenvalue weighted by Crippen LogP contribution is 1.93. The van der Waals surface area contributed by atoms with Gasteiger partial charge < -0.3 is 10.4 Å². The van der Waals surface area contributed by atoms with E-state index in [2.05, 4.69) is 27.7 Å². The lowest BCUT2D eigenvalue weighted by atomic mass is 10.2. The van der Waals surface area contributed by atoms with Crippen LogP contribution in [0.3, 0.4) is 0 Å². The van der Waals surface area contributed by atoms with Crippen molar-refractivity contribution in [1.82, 2.24) is 5.32 Å². The third-order valence-corrected chi connectivity index (χ3v) is 1.42. The second-order valence-electron chi connectivity index (χ2n) is 2.27. The predicted octanol–water partition coefficient (Wildman–Crippen LogP) is 1.53. The first-order valence-electron chi connectivity index (χ1n) is 3.78. The van der Waals surface area contributed by atoms with E-state index < -0.39 is 6.09 Å². The molecule has 0 atom stereocenters. The third kappa shape index (κ3) is 9.07. The largest absolute Gasteiger partial charge is 0.465 e. The van der Waals surface area contributed by atoms with Gasteiger partial charge in [-0.05, 0) is 31.5 Å². The van der Waals surface area contributed by atoms with E-state index in [9.17, 15) is 4.79 Å². The van der Waals surface area contributed by atoms with Crippen molar-refractivity contribution in [2.75, 3.05) is 13.1 Å². The summed E-state index contributed by atoms with van der Waals surface area (Å²) in [5, 5.41) is 12.8. The lowest BCUT2D eigenvalue weighted by Gasteiger charge is -1.98. The smallest absolute Gasteiger partial charge is 0.404 e. The number of unbranched alkanes of at least 4 members (excludes halogenated alkanes) is 2. The lowest BCUT2D eigenvalue weighted by Crippen LogP contribution is -2.21. The molecule has 2 N–H and O–H groups in total. The molecule has 0 aliphatic rings. The van der Waals surface area contributed by atoms with Crippen molar-refractivity contribution in [3.8, 4) is 0 Å². The third-order valence-electron chi connectivity index (χ3n) is 1.29. The Morgan fingerprint density at radius 3 is 2.83 bits per heavy atom. The van der Waals surface area contributed by atoms with E-state index >= 15 is 0 Å². The normalized spacial score (nSPS) is 8.67. The summed E-state index contributed by atoms with van der Waals surface area (Å²) in [6, 6.07) is 0. The Balaban J connectivity index is 3.00. The Morgan fingerprint density at radius 2 is 2.25 bits per heavy atom. The van der Waals surface area contributed by atoms with E-state index in [1.54, 1.807) is 0 Å². The van der Waals surface area contributed by atoms with Crippen LogP contribution in [0.2, 0.25) is 0 Å². The molecule has 0 heterocycles. The van der Waals surface area contributed by atoms with Crippen molar-refractivity contribution in [3.05, 3.63) is 0 Å². The molecule has 0 unspecified atom stereocenters. The highest BCUT2D eigenvalue weighted by atomic mass is 32.1. The molecule has 0 aromatic carbocycles. The first-order valence-corrected chi connectivity index (χ1v) is 4.18. The summed E-state index contributed by atoms with van der Waals surface area (Å²) < 4.78 is 0. The predicted molar refractivity (Wildman–Crippen MR) is 49.8 cm³/mol. The summed E-state index contributed by atoms with van der Waals surface area (Å²) in [6.45, 7) is 1.20. The van der Waals surface area contributed by atoms with Gasteiger partial charge in [0.1, 0.15) is 0 Å². The fourth-order valence-corrected chi connectivity index (χ4v) is 0.825. The number of isothiocyanates is 1. The monoisotopic (exact) mass is 188 g/mol. The maximum atomic E-state index is 9.98. The maximum absolute atomic E-state index is 9.98. The molecule has 0 aromatic heterocycles. The molecular formula is C7H12N2O2S. The number of nitrogens with zero attached hydrogens (tertiary/aromatic N) is 1. The van der Waals surface area contributed by atoms with E-state index in [-0.39, 0.29) is 0 Å². The van der Waals surface area contributed by atoms with Crippen LogP contribution in [0.1, 0.15) is 19.3 Å². The van der Waals surface area contributed by atoms with Crippen LogP contribution in [0.4, 0.5) is 4.79 Å². The molecule has 0 aliphatic heterocycles. The molecule has 0 saturated carbocycles. The van der Waals surface area contributed by atoms with Crippen LogP contribution >= 0.6 is 12.2 Å². The van der Waals surface area contributed by atoms with Gasteiger partial charge in [0.05, 0.1) is 5.16 Å². The molecule has 12 heavy (non-hydrogen) atoms. The number of rotatable bonds is 6. The van der Waals surface area contributed by atoms with E-state index in [1.165, 1.54) is 0 Å². The van der Waals surface area contributed by atoms with Gasteiger partial charge in [0.15, 0.2) is 0 Å². The quantitative estimate of drug-likeness (QED) is 0.377. The first kappa shape index (κ1) is 11.1.